The summed E-state index contributed by atoms with van der Waals surface area (Å²) < 4.78 is 5.03. The van der Waals surface area contributed by atoms with Crippen molar-refractivity contribution >= 4 is 28.9 Å². The number of phenolic OH excluding ortho intramolecular Hbond substituents is 1. The smallest absolute Gasteiger partial charge is 0.257 e. The first-order valence-electron chi connectivity index (χ1n) is 6.14. The SMILES string of the molecule is COc1ccc(C(=O)NC(=S)Nc2ccc(O)cc2)cc1. The third-order valence-corrected chi connectivity index (χ3v) is 2.91. The molecule has 2 aromatic rings. The molecule has 2 rings (SSSR count). The monoisotopic (exact) mass is 302 g/mol. The largest absolute Gasteiger partial charge is 0.508 e. The Balaban J connectivity index is 1.95. The molecule has 0 fully saturated rings. The summed E-state index contributed by atoms with van der Waals surface area (Å²) >= 11 is 5.06. The molecular weight excluding hydrogens is 288 g/mol. The van der Waals surface area contributed by atoms with Crippen LogP contribution in [0.3, 0.4) is 0 Å². The first-order valence-corrected chi connectivity index (χ1v) is 6.55. The molecule has 5 nitrogen and oxygen atoms in total. The molecule has 0 radical (unpaired) electrons. The third-order valence-electron chi connectivity index (χ3n) is 2.70. The van der Waals surface area contributed by atoms with E-state index in [1.165, 1.54) is 12.1 Å². The number of hydrogen-bond acceptors (Lipinski definition) is 4. The normalized spacial score (nSPS) is 9.76. The molecule has 0 spiro atoms. The highest BCUT2D eigenvalue weighted by Gasteiger charge is 2.08. The van der Waals surface area contributed by atoms with E-state index in [9.17, 15) is 9.90 Å². The second-order valence-electron chi connectivity index (χ2n) is 4.18. The Morgan fingerprint density at radius 3 is 2.29 bits per heavy atom. The zero-order chi connectivity index (χ0) is 15.2. The molecule has 21 heavy (non-hydrogen) atoms. The van der Waals surface area contributed by atoms with Crippen molar-refractivity contribution in [2.75, 3.05) is 12.4 Å². The molecule has 1 amide bonds. The van der Waals surface area contributed by atoms with Gasteiger partial charge in [-0.05, 0) is 60.7 Å². The van der Waals surface area contributed by atoms with Crippen LogP contribution in [0.2, 0.25) is 0 Å². The fraction of sp³-hybridized carbons (Fsp3) is 0.0667. The van der Waals surface area contributed by atoms with Crippen molar-refractivity contribution in [2.45, 2.75) is 0 Å². The minimum absolute atomic E-state index is 0.161. The number of carbonyl (C=O) groups is 1. The Kier molecular flexibility index (Phi) is 4.73. The average Bonchev–Trinajstić information content (AvgIpc) is 2.49. The van der Waals surface area contributed by atoms with Crippen LogP contribution in [0.15, 0.2) is 48.5 Å². The molecule has 0 saturated carbocycles. The first kappa shape index (κ1) is 14.8. The van der Waals surface area contributed by atoms with Gasteiger partial charge in [0.2, 0.25) is 0 Å². The van der Waals surface area contributed by atoms with Gasteiger partial charge in [-0.2, -0.15) is 0 Å². The number of nitrogens with one attached hydrogen (secondary N) is 2. The molecule has 0 atom stereocenters. The van der Waals surface area contributed by atoms with Crippen LogP contribution in [0.1, 0.15) is 10.4 Å². The molecule has 0 bridgehead atoms. The van der Waals surface area contributed by atoms with E-state index in [1.807, 2.05) is 0 Å². The zero-order valence-electron chi connectivity index (χ0n) is 11.3. The van der Waals surface area contributed by atoms with Crippen LogP contribution < -0.4 is 15.4 Å². The Labute approximate surface area is 127 Å². The topological polar surface area (TPSA) is 70.6 Å². The van der Waals surface area contributed by atoms with Crippen molar-refractivity contribution < 1.29 is 14.6 Å². The van der Waals surface area contributed by atoms with Crippen LogP contribution in [-0.4, -0.2) is 23.2 Å². The van der Waals surface area contributed by atoms with Gasteiger partial charge < -0.3 is 15.2 Å². The lowest BCUT2D eigenvalue weighted by Crippen LogP contribution is -2.34. The van der Waals surface area contributed by atoms with Crippen LogP contribution in [0.5, 0.6) is 11.5 Å². The van der Waals surface area contributed by atoms with Gasteiger partial charge in [-0.15, -0.1) is 0 Å². The van der Waals surface area contributed by atoms with Crippen LogP contribution >= 0.6 is 12.2 Å². The Hall–Kier alpha value is -2.60. The van der Waals surface area contributed by atoms with Crippen LogP contribution in [-0.2, 0) is 0 Å². The van der Waals surface area contributed by atoms with Gasteiger partial charge in [-0.3, -0.25) is 10.1 Å². The molecule has 0 unspecified atom stereocenters. The molecule has 0 saturated heterocycles. The Bertz CT molecular complexity index is 639. The highest BCUT2D eigenvalue weighted by Crippen LogP contribution is 2.14. The maximum atomic E-state index is 12.0. The van der Waals surface area contributed by atoms with E-state index in [1.54, 1.807) is 43.5 Å². The molecule has 2 aromatic carbocycles. The minimum atomic E-state index is -0.311. The number of phenols is 1. The van der Waals surface area contributed by atoms with Crippen molar-refractivity contribution in [3.63, 3.8) is 0 Å². The van der Waals surface area contributed by atoms with Gasteiger partial charge in [0, 0.05) is 11.3 Å². The van der Waals surface area contributed by atoms with E-state index in [2.05, 4.69) is 10.6 Å². The van der Waals surface area contributed by atoms with E-state index >= 15 is 0 Å². The quantitative estimate of drug-likeness (QED) is 0.600. The van der Waals surface area contributed by atoms with E-state index in [0.29, 0.717) is 17.0 Å². The molecule has 0 aliphatic rings. The van der Waals surface area contributed by atoms with E-state index in [0.717, 1.165) is 0 Å². The second kappa shape index (κ2) is 6.71. The second-order valence-corrected chi connectivity index (χ2v) is 4.59. The summed E-state index contributed by atoms with van der Waals surface area (Å²) in [5.74, 6) is 0.527. The molecule has 108 valence electrons. The molecule has 0 aliphatic carbocycles. The number of aromatic hydroxyl groups is 1. The van der Waals surface area contributed by atoms with Gasteiger partial charge in [0.1, 0.15) is 11.5 Å². The zero-order valence-corrected chi connectivity index (χ0v) is 12.1. The molecule has 3 N–H and O–H groups in total. The summed E-state index contributed by atoms with van der Waals surface area (Å²) in [5.41, 5.74) is 1.15. The van der Waals surface area contributed by atoms with Crippen molar-refractivity contribution in [1.82, 2.24) is 5.32 Å². The number of ether oxygens (including phenoxy) is 1. The molecule has 0 aliphatic heterocycles. The van der Waals surface area contributed by atoms with Gasteiger partial charge in [0.15, 0.2) is 5.11 Å². The molecule has 0 heterocycles. The van der Waals surface area contributed by atoms with Gasteiger partial charge in [-0.25, -0.2) is 0 Å². The van der Waals surface area contributed by atoms with E-state index < -0.39 is 0 Å². The van der Waals surface area contributed by atoms with Crippen LogP contribution in [0.4, 0.5) is 5.69 Å². The van der Waals surface area contributed by atoms with Crippen molar-refractivity contribution in [2.24, 2.45) is 0 Å². The number of thiocarbonyl (C=S) groups is 1. The lowest BCUT2D eigenvalue weighted by atomic mass is 10.2. The highest BCUT2D eigenvalue weighted by atomic mass is 32.1. The lowest BCUT2D eigenvalue weighted by Gasteiger charge is -2.10. The number of carbonyl (C=O) groups excluding carboxylic acids is 1. The predicted molar refractivity (Wildman–Crippen MR) is 84.8 cm³/mol. The summed E-state index contributed by atoms with van der Waals surface area (Å²) in [4.78, 5) is 12.0. The average molecular weight is 302 g/mol. The summed E-state index contributed by atoms with van der Waals surface area (Å²) in [6.07, 6.45) is 0. The predicted octanol–water partition coefficient (Wildman–Crippen LogP) is 2.53. The lowest BCUT2D eigenvalue weighted by molar-refractivity contribution is 0.0977. The van der Waals surface area contributed by atoms with Crippen molar-refractivity contribution in [3.05, 3.63) is 54.1 Å². The van der Waals surface area contributed by atoms with Crippen molar-refractivity contribution in [1.29, 1.82) is 0 Å². The highest BCUT2D eigenvalue weighted by molar-refractivity contribution is 7.80. The summed E-state index contributed by atoms with van der Waals surface area (Å²) in [5, 5.41) is 14.8. The minimum Gasteiger partial charge on any atom is -0.508 e. The number of anilines is 1. The molecule has 6 heteroatoms. The van der Waals surface area contributed by atoms with Gasteiger partial charge in [0.25, 0.3) is 5.91 Å². The van der Waals surface area contributed by atoms with Crippen molar-refractivity contribution in [3.8, 4) is 11.5 Å². The Morgan fingerprint density at radius 2 is 1.71 bits per heavy atom. The number of rotatable bonds is 3. The summed E-state index contributed by atoms with van der Waals surface area (Å²) in [7, 11) is 1.56. The molecule has 0 aromatic heterocycles. The number of benzene rings is 2. The number of amides is 1. The molecular formula is C15H14N2O3S. The summed E-state index contributed by atoms with van der Waals surface area (Å²) in [6, 6.07) is 13.1. The fourth-order valence-electron chi connectivity index (χ4n) is 1.62. The Morgan fingerprint density at radius 1 is 1.10 bits per heavy atom. The van der Waals surface area contributed by atoms with E-state index in [-0.39, 0.29) is 16.8 Å². The number of methoxy groups -OCH3 is 1. The number of hydrogen-bond donors (Lipinski definition) is 3. The maximum Gasteiger partial charge on any atom is 0.257 e. The van der Waals surface area contributed by atoms with Gasteiger partial charge in [0.05, 0.1) is 7.11 Å². The summed E-state index contributed by atoms with van der Waals surface area (Å²) in [6.45, 7) is 0. The standard InChI is InChI=1S/C15H14N2O3S/c1-20-13-8-2-10(3-9-13)14(19)17-15(21)16-11-4-6-12(18)7-5-11/h2-9,18H,1H3,(H2,16,17,19,21). The van der Waals surface area contributed by atoms with Crippen LogP contribution in [0.25, 0.3) is 0 Å². The van der Waals surface area contributed by atoms with Gasteiger partial charge in [-0.1, -0.05) is 0 Å². The van der Waals surface area contributed by atoms with E-state index in [4.69, 9.17) is 17.0 Å². The first-order chi connectivity index (χ1) is 10.1. The van der Waals surface area contributed by atoms with Crippen LogP contribution in [0, 0.1) is 0 Å². The fourth-order valence-corrected chi connectivity index (χ4v) is 1.84. The third kappa shape index (κ3) is 4.19. The van der Waals surface area contributed by atoms with Gasteiger partial charge >= 0.3 is 0 Å². The maximum absolute atomic E-state index is 12.0.